The van der Waals surface area contributed by atoms with Crippen LogP contribution in [0, 0.1) is 0 Å². The summed E-state index contributed by atoms with van der Waals surface area (Å²) < 4.78 is 16.1. The number of ether oxygens (including phenoxy) is 3. The van der Waals surface area contributed by atoms with Crippen molar-refractivity contribution in [2.45, 2.75) is 33.3 Å². The molecule has 132 valence electrons. The average Bonchev–Trinajstić information content (AvgIpc) is 2.59. The lowest BCUT2D eigenvalue weighted by Crippen LogP contribution is -2.14. The number of esters is 2. The van der Waals surface area contributed by atoms with E-state index in [1.807, 2.05) is 20.8 Å². The fourth-order valence-corrected chi connectivity index (χ4v) is 2.12. The molecule has 0 radical (unpaired) electrons. The normalized spacial score (nSPS) is 10.4. The first-order valence-corrected chi connectivity index (χ1v) is 8.26. The molecule has 0 saturated heterocycles. The lowest BCUT2D eigenvalue weighted by atomic mass is 10.2. The molecule has 0 aromatic heterocycles. The van der Waals surface area contributed by atoms with Gasteiger partial charge in [-0.2, -0.15) is 0 Å². The zero-order chi connectivity index (χ0) is 18.2. The van der Waals surface area contributed by atoms with Crippen molar-refractivity contribution < 1.29 is 23.8 Å². The first kappa shape index (κ1) is 18.5. The standard InChI is InChI=1S/C20H22O5/c1-4-12-23-19(21)15-8-7-9-16(13-15)25-20(22)17-10-5-6-11-18(17)24-14(2)3/h5-11,13-14H,4,12H2,1-3H3. The van der Waals surface area contributed by atoms with E-state index in [9.17, 15) is 9.59 Å². The van der Waals surface area contributed by atoms with Crippen molar-refractivity contribution in [1.29, 1.82) is 0 Å². The smallest absolute Gasteiger partial charge is 0.347 e. The SMILES string of the molecule is CCCOC(=O)c1cccc(OC(=O)c2ccccc2OC(C)C)c1. The van der Waals surface area contributed by atoms with Gasteiger partial charge in [0.05, 0.1) is 18.3 Å². The molecule has 0 heterocycles. The highest BCUT2D eigenvalue weighted by molar-refractivity contribution is 5.94. The van der Waals surface area contributed by atoms with Gasteiger partial charge < -0.3 is 14.2 Å². The van der Waals surface area contributed by atoms with E-state index in [1.165, 1.54) is 6.07 Å². The van der Waals surface area contributed by atoms with Crippen LogP contribution < -0.4 is 9.47 Å². The molecule has 0 aliphatic rings. The van der Waals surface area contributed by atoms with Gasteiger partial charge in [-0.3, -0.25) is 0 Å². The van der Waals surface area contributed by atoms with Crippen molar-refractivity contribution in [3.8, 4) is 11.5 Å². The van der Waals surface area contributed by atoms with Gasteiger partial charge in [-0.05, 0) is 50.6 Å². The third kappa shape index (κ3) is 5.35. The summed E-state index contributed by atoms with van der Waals surface area (Å²) in [5, 5.41) is 0. The second kappa shape index (κ2) is 8.87. The Bertz CT molecular complexity index is 736. The van der Waals surface area contributed by atoms with Crippen LogP contribution in [0.2, 0.25) is 0 Å². The van der Waals surface area contributed by atoms with E-state index in [2.05, 4.69) is 0 Å². The highest BCUT2D eigenvalue weighted by atomic mass is 16.5. The molecule has 0 aliphatic carbocycles. The fraction of sp³-hybridized carbons (Fsp3) is 0.300. The summed E-state index contributed by atoms with van der Waals surface area (Å²) in [5.41, 5.74) is 0.667. The van der Waals surface area contributed by atoms with Crippen molar-refractivity contribution in [3.63, 3.8) is 0 Å². The molecule has 0 unspecified atom stereocenters. The molecule has 0 saturated carbocycles. The third-order valence-corrected chi connectivity index (χ3v) is 3.19. The maximum atomic E-state index is 12.5. The van der Waals surface area contributed by atoms with Crippen molar-refractivity contribution >= 4 is 11.9 Å². The van der Waals surface area contributed by atoms with Crippen LogP contribution in [-0.4, -0.2) is 24.6 Å². The zero-order valence-corrected chi connectivity index (χ0v) is 14.7. The summed E-state index contributed by atoms with van der Waals surface area (Å²) in [4.78, 5) is 24.4. The van der Waals surface area contributed by atoms with E-state index in [1.54, 1.807) is 42.5 Å². The van der Waals surface area contributed by atoms with Crippen LogP contribution in [0.15, 0.2) is 48.5 Å². The number of carbonyl (C=O) groups is 2. The molecule has 0 fully saturated rings. The Balaban J connectivity index is 2.15. The Morgan fingerprint density at radius 3 is 2.48 bits per heavy atom. The molecule has 0 amide bonds. The number of benzene rings is 2. The Morgan fingerprint density at radius 2 is 1.76 bits per heavy atom. The summed E-state index contributed by atoms with van der Waals surface area (Å²) in [5.74, 6) is -0.255. The molecule has 0 N–H and O–H groups in total. The van der Waals surface area contributed by atoms with Crippen LogP contribution in [0.3, 0.4) is 0 Å². The van der Waals surface area contributed by atoms with E-state index < -0.39 is 11.9 Å². The molecule has 2 aromatic rings. The predicted octanol–water partition coefficient (Wildman–Crippen LogP) is 4.26. The quantitative estimate of drug-likeness (QED) is 0.556. The minimum absolute atomic E-state index is 0.0642. The van der Waals surface area contributed by atoms with Crippen LogP contribution in [-0.2, 0) is 4.74 Å². The van der Waals surface area contributed by atoms with E-state index in [4.69, 9.17) is 14.2 Å². The second-order valence-corrected chi connectivity index (χ2v) is 5.72. The van der Waals surface area contributed by atoms with Crippen LogP contribution in [0.5, 0.6) is 11.5 Å². The molecule has 0 spiro atoms. The molecule has 5 heteroatoms. The minimum Gasteiger partial charge on any atom is -0.490 e. The number of para-hydroxylation sites is 1. The molecular weight excluding hydrogens is 320 g/mol. The largest absolute Gasteiger partial charge is 0.490 e. The van der Waals surface area contributed by atoms with Gasteiger partial charge >= 0.3 is 11.9 Å². The molecular formula is C20H22O5. The molecule has 2 rings (SSSR count). The fourth-order valence-electron chi connectivity index (χ4n) is 2.12. The summed E-state index contributed by atoms with van der Waals surface area (Å²) in [6.45, 7) is 6.03. The van der Waals surface area contributed by atoms with Crippen LogP contribution >= 0.6 is 0 Å². The van der Waals surface area contributed by atoms with E-state index in [0.717, 1.165) is 6.42 Å². The zero-order valence-electron chi connectivity index (χ0n) is 14.7. The number of carbonyl (C=O) groups excluding carboxylic acids is 2. The first-order valence-electron chi connectivity index (χ1n) is 8.26. The van der Waals surface area contributed by atoms with Gasteiger partial charge in [0.15, 0.2) is 0 Å². The van der Waals surface area contributed by atoms with E-state index in [0.29, 0.717) is 23.5 Å². The summed E-state index contributed by atoms with van der Waals surface area (Å²) in [6.07, 6.45) is 0.679. The topological polar surface area (TPSA) is 61.8 Å². The average molecular weight is 342 g/mol. The van der Waals surface area contributed by atoms with Gasteiger partial charge in [-0.25, -0.2) is 9.59 Å². The van der Waals surface area contributed by atoms with Crippen molar-refractivity contribution in [3.05, 3.63) is 59.7 Å². The summed E-state index contributed by atoms with van der Waals surface area (Å²) >= 11 is 0. The summed E-state index contributed by atoms with van der Waals surface area (Å²) in [6, 6.07) is 13.2. The van der Waals surface area contributed by atoms with Crippen molar-refractivity contribution in [1.82, 2.24) is 0 Å². The lowest BCUT2D eigenvalue weighted by molar-refractivity contribution is 0.0503. The number of hydrogen-bond donors (Lipinski definition) is 0. The van der Waals surface area contributed by atoms with Gasteiger partial charge in [0, 0.05) is 0 Å². The van der Waals surface area contributed by atoms with Gasteiger partial charge in [0.1, 0.15) is 17.1 Å². The Labute approximate surface area is 147 Å². The van der Waals surface area contributed by atoms with Crippen LogP contribution in [0.25, 0.3) is 0 Å². The van der Waals surface area contributed by atoms with Crippen LogP contribution in [0.1, 0.15) is 47.9 Å². The Kier molecular flexibility index (Phi) is 6.57. The molecule has 0 bridgehead atoms. The van der Waals surface area contributed by atoms with Crippen LogP contribution in [0.4, 0.5) is 0 Å². The Hall–Kier alpha value is -2.82. The van der Waals surface area contributed by atoms with Gasteiger partial charge in [0.25, 0.3) is 0 Å². The third-order valence-electron chi connectivity index (χ3n) is 3.19. The number of hydrogen-bond acceptors (Lipinski definition) is 5. The van der Waals surface area contributed by atoms with Crippen molar-refractivity contribution in [2.75, 3.05) is 6.61 Å². The number of rotatable bonds is 7. The molecule has 0 aliphatic heterocycles. The highest BCUT2D eigenvalue weighted by Gasteiger charge is 2.16. The lowest BCUT2D eigenvalue weighted by Gasteiger charge is -2.13. The molecule has 2 aromatic carbocycles. The second-order valence-electron chi connectivity index (χ2n) is 5.72. The molecule has 25 heavy (non-hydrogen) atoms. The van der Waals surface area contributed by atoms with E-state index >= 15 is 0 Å². The maximum Gasteiger partial charge on any atom is 0.347 e. The molecule has 5 nitrogen and oxygen atoms in total. The van der Waals surface area contributed by atoms with Crippen molar-refractivity contribution in [2.24, 2.45) is 0 Å². The predicted molar refractivity (Wildman–Crippen MR) is 94.2 cm³/mol. The van der Waals surface area contributed by atoms with Gasteiger partial charge in [-0.15, -0.1) is 0 Å². The highest BCUT2D eigenvalue weighted by Crippen LogP contribution is 2.22. The minimum atomic E-state index is -0.546. The maximum absolute atomic E-state index is 12.5. The molecule has 0 atom stereocenters. The van der Waals surface area contributed by atoms with E-state index in [-0.39, 0.29) is 11.9 Å². The Morgan fingerprint density at radius 1 is 1.00 bits per heavy atom. The first-order chi connectivity index (χ1) is 12.0. The summed E-state index contributed by atoms with van der Waals surface area (Å²) in [7, 11) is 0. The van der Waals surface area contributed by atoms with Gasteiger partial charge in [0.2, 0.25) is 0 Å². The van der Waals surface area contributed by atoms with Gasteiger partial charge in [-0.1, -0.05) is 25.1 Å². The monoisotopic (exact) mass is 342 g/mol.